The molecule has 0 aliphatic heterocycles. The molecule has 0 saturated carbocycles. The summed E-state index contributed by atoms with van der Waals surface area (Å²) in [6, 6.07) is 13.5. The highest BCUT2D eigenvalue weighted by molar-refractivity contribution is 5.87. The van der Waals surface area contributed by atoms with E-state index in [-0.39, 0.29) is 26.0 Å². The third-order valence-electron chi connectivity index (χ3n) is 4.15. The van der Waals surface area contributed by atoms with Crippen LogP contribution in [-0.2, 0) is 27.4 Å². The minimum absolute atomic E-state index is 0.0763. The van der Waals surface area contributed by atoms with Crippen LogP contribution in [0.2, 0.25) is 0 Å². The molecule has 9 heteroatoms. The highest BCUT2D eigenvalue weighted by Gasteiger charge is 2.21. The maximum absolute atomic E-state index is 13.0. The molecule has 0 aliphatic carbocycles. The van der Waals surface area contributed by atoms with E-state index >= 15 is 0 Å². The lowest BCUT2D eigenvalue weighted by atomic mass is 10.0. The summed E-state index contributed by atoms with van der Waals surface area (Å²) in [5.74, 6) is -1.80. The van der Waals surface area contributed by atoms with Crippen LogP contribution >= 0.6 is 0 Å². The van der Waals surface area contributed by atoms with Crippen molar-refractivity contribution in [2.75, 3.05) is 6.54 Å². The van der Waals surface area contributed by atoms with Crippen LogP contribution in [0.4, 0.5) is 9.18 Å². The Hall–Kier alpha value is -3.46. The summed E-state index contributed by atoms with van der Waals surface area (Å²) in [7, 11) is 0. The van der Waals surface area contributed by atoms with Crippen molar-refractivity contribution >= 4 is 17.9 Å². The zero-order chi connectivity index (χ0) is 21.9. The molecule has 3 amide bonds. The number of aliphatic hydroxyl groups excluding tert-OH is 1. The predicted molar refractivity (Wildman–Crippen MR) is 106 cm³/mol. The van der Waals surface area contributed by atoms with Crippen LogP contribution in [0.15, 0.2) is 54.6 Å². The average Bonchev–Trinajstić information content (AvgIpc) is 2.72. The second-order valence-electron chi connectivity index (χ2n) is 6.65. The number of carbonyl (C=O) groups is 3. The van der Waals surface area contributed by atoms with Gasteiger partial charge < -0.3 is 26.2 Å². The monoisotopic (exact) mass is 417 g/mol. The van der Waals surface area contributed by atoms with Crippen LogP contribution in [0, 0.1) is 5.82 Å². The van der Waals surface area contributed by atoms with Gasteiger partial charge in [0.2, 0.25) is 11.8 Å². The van der Waals surface area contributed by atoms with Crippen LogP contribution in [0.1, 0.15) is 17.5 Å². The number of primary amides is 1. The predicted octanol–water partition coefficient (Wildman–Crippen LogP) is 1.02. The highest BCUT2D eigenvalue weighted by atomic mass is 19.1. The topological polar surface area (TPSA) is 131 Å². The van der Waals surface area contributed by atoms with Gasteiger partial charge in [-0.15, -0.1) is 0 Å². The summed E-state index contributed by atoms with van der Waals surface area (Å²) in [5.41, 5.74) is 6.74. The molecule has 0 radical (unpaired) electrons. The number of amides is 3. The number of aliphatic hydroxyl groups is 1. The van der Waals surface area contributed by atoms with E-state index in [1.54, 1.807) is 12.1 Å². The second kappa shape index (κ2) is 11.5. The summed E-state index contributed by atoms with van der Waals surface area (Å²) in [6.45, 7) is -0.132. The van der Waals surface area contributed by atoms with Crippen molar-refractivity contribution in [1.29, 1.82) is 0 Å². The summed E-state index contributed by atoms with van der Waals surface area (Å²) in [4.78, 5) is 35.3. The Balaban J connectivity index is 1.73. The van der Waals surface area contributed by atoms with Crippen LogP contribution in [0.25, 0.3) is 0 Å². The molecule has 0 fully saturated rings. The normalized spacial score (nSPS) is 12.5. The summed E-state index contributed by atoms with van der Waals surface area (Å²) >= 11 is 0. The number of carbonyl (C=O) groups excluding carboxylic acids is 3. The maximum atomic E-state index is 13.0. The van der Waals surface area contributed by atoms with Gasteiger partial charge in [-0.1, -0.05) is 42.5 Å². The van der Waals surface area contributed by atoms with E-state index < -0.39 is 35.9 Å². The minimum atomic E-state index is -1.19. The fourth-order valence-corrected chi connectivity index (χ4v) is 2.59. The first-order valence-corrected chi connectivity index (χ1v) is 9.29. The Labute approximate surface area is 173 Å². The maximum Gasteiger partial charge on any atom is 0.407 e. The summed E-state index contributed by atoms with van der Waals surface area (Å²) < 4.78 is 18.0. The number of halogens is 1. The molecule has 0 spiro atoms. The van der Waals surface area contributed by atoms with Gasteiger partial charge >= 0.3 is 6.09 Å². The third kappa shape index (κ3) is 8.27. The van der Waals surface area contributed by atoms with E-state index in [2.05, 4.69) is 10.6 Å². The first kappa shape index (κ1) is 22.8. The zero-order valence-electron chi connectivity index (χ0n) is 16.2. The molecule has 5 N–H and O–H groups in total. The molecule has 0 aliphatic rings. The van der Waals surface area contributed by atoms with E-state index in [9.17, 15) is 23.9 Å². The number of nitrogens with two attached hydrogens (primary N) is 1. The number of hydrogen-bond donors (Lipinski definition) is 4. The lowest BCUT2D eigenvalue weighted by Gasteiger charge is -2.17. The molecule has 2 aromatic carbocycles. The molecule has 2 aromatic rings. The summed E-state index contributed by atoms with van der Waals surface area (Å²) in [5, 5.41) is 14.7. The Morgan fingerprint density at radius 1 is 1.03 bits per heavy atom. The number of benzene rings is 2. The standard InChI is InChI=1S/C21H24FN3O5/c22-16-8-6-14(7-9-16)10-18(20(23)28)25-19(27)11-17(26)12-24-21(29)30-13-15-4-2-1-3-5-15/h1-9,17-18,26H,10-13H2,(H2,23,28)(H,24,29)(H,25,27)/t17-,18-/m1/s1. The fraction of sp³-hybridized carbons (Fsp3) is 0.286. The first-order valence-electron chi connectivity index (χ1n) is 9.29. The molecule has 8 nitrogen and oxygen atoms in total. The third-order valence-corrected chi connectivity index (χ3v) is 4.15. The molecule has 30 heavy (non-hydrogen) atoms. The zero-order valence-corrected chi connectivity index (χ0v) is 16.2. The van der Waals surface area contributed by atoms with E-state index in [0.29, 0.717) is 5.56 Å². The van der Waals surface area contributed by atoms with Crippen molar-refractivity contribution in [2.45, 2.75) is 31.6 Å². The van der Waals surface area contributed by atoms with E-state index in [1.165, 1.54) is 24.3 Å². The number of nitrogens with one attached hydrogen (secondary N) is 2. The van der Waals surface area contributed by atoms with E-state index in [4.69, 9.17) is 10.5 Å². The van der Waals surface area contributed by atoms with Crippen molar-refractivity contribution in [3.8, 4) is 0 Å². The Kier molecular flexibility index (Phi) is 8.76. The van der Waals surface area contributed by atoms with Gasteiger partial charge in [0.15, 0.2) is 0 Å². The van der Waals surface area contributed by atoms with Gasteiger partial charge in [-0.2, -0.15) is 0 Å². The molecule has 0 saturated heterocycles. The van der Waals surface area contributed by atoms with Gasteiger partial charge in [0.05, 0.1) is 12.5 Å². The lowest BCUT2D eigenvalue weighted by Crippen LogP contribution is -2.47. The molecule has 2 atom stereocenters. The largest absolute Gasteiger partial charge is 0.445 e. The van der Waals surface area contributed by atoms with Gasteiger partial charge in [0.25, 0.3) is 0 Å². The van der Waals surface area contributed by atoms with Gasteiger partial charge in [-0.3, -0.25) is 9.59 Å². The van der Waals surface area contributed by atoms with Crippen LogP contribution in [-0.4, -0.2) is 41.7 Å². The molecule has 0 aromatic heterocycles. The van der Waals surface area contributed by atoms with Gasteiger partial charge in [0, 0.05) is 13.0 Å². The molecule has 2 rings (SSSR count). The quantitative estimate of drug-likeness (QED) is 0.458. The van der Waals surface area contributed by atoms with Crippen molar-refractivity contribution in [1.82, 2.24) is 10.6 Å². The molecule has 0 heterocycles. The Morgan fingerprint density at radius 2 is 1.70 bits per heavy atom. The van der Waals surface area contributed by atoms with Crippen LogP contribution < -0.4 is 16.4 Å². The van der Waals surface area contributed by atoms with Crippen LogP contribution in [0.5, 0.6) is 0 Å². The van der Waals surface area contributed by atoms with E-state index in [1.807, 2.05) is 18.2 Å². The number of rotatable bonds is 10. The first-order chi connectivity index (χ1) is 14.3. The molecular formula is C21H24FN3O5. The summed E-state index contributed by atoms with van der Waals surface area (Å²) in [6.07, 6.45) is -2.19. The molecule has 0 unspecified atom stereocenters. The Morgan fingerprint density at radius 3 is 2.33 bits per heavy atom. The average molecular weight is 417 g/mol. The van der Waals surface area contributed by atoms with Crippen molar-refractivity contribution in [3.05, 3.63) is 71.5 Å². The van der Waals surface area contributed by atoms with Gasteiger partial charge in [-0.05, 0) is 23.3 Å². The smallest absolute Gasteiger partial charge is 0.407 e. The molecular weight excluding hydrogens is 393 g/mol. The van der Waals surface area contributed by atoms with Crippen LogP contribution in [0.3, 0.4) is 0 Å². The highest BCUT2D eigenvalue weighted by Crippen LogP contribution is 2.06. The number of alkyl carbamates (subject to hydrolysis) is 1. The van der Waals surface area contributed by atoms with Crippen molar-refractivity contribution in [3.63, 3.8) is 0 Å². The molecule has 160 valence electrons. The minimum Gasteiger partial charge on any atom is -0.445 e. The fourth-order valence-electron chi connectivity index (χ4n) is 2.59. The number of hydrogen-bond acceptors (Lipinski definition) is 5. The van der Waals surface area contributed by atoms with Gasteiger partial charge in [-0.25, -0.2) is 9.18 Å². The Bertz CT molecular complexity index is 845. The molecule has 0 bridgehead atoms. The second-order valence-corrected chi connectivity index (χ2v) is 6.65. The van der Waals surface area contributed by atoms with Crippen molar-refractivity contribution in [2.24, 2.45) is 5.73 Å². The van der Waals surface area contributed by atoms with E-state index in [0.717, 1.165) is 5.56 Å². The number of ether oxygens (including phenoxy) is 1. The van der Waals surface area contributed by atoms with Crippen molar-refractivity contribution < 1.29 is 28.6 Å². The van der Waals surface area contributed by atoms with Gasteiger partial charge in [0.1, 0.15) is 18.5 Å². The lowest BCUT2D eigenvalue weighted by molar-refractivity contribution is -0.128. The SMILES string of the molecule is NC(=O)[C@@H](Cc1ccc(F)cc1)NC(=O)C[C@@H](O)CNC(=O)OCc1ccccc1.